The van der Waals surface area contributed by atoms with Crippen molar-refractivity contribution in [1.29, 1.82) is 0 Å². The second-order valence-electron chi connectivity index (χ2n) is 9.91. The molecule has 0 fully saturated rings. The van der Waals surface area contributed by atoms with Crippen molar-refractivity contribution in [3.63, 3.8) is 0 Å². The molecule has 0 aliphatic carbocycles. The third kappa shape index (κ3) is 19.0. The normalized spacial score (nSPS) is 15.2. The van der Waals surface area contributed by atoms with Gasteiger partial charge in [0.25, 0.3) is 0 Å². The van der Waals surface area contributed by atoms with Gasteiger partial charge in [-0.15, -0.1) is 0 Å². The number of methoxy groups -OCH3 is 1. The molecule has 0 aliphatic rings. The summed E-state index contributed by atoms with van der Waals surface area (Å²) in [7, 11) is 1.45. The highest BCUT2D eigenvalue weighted by atomic mass is 32.2. The van der Waals surface area contributed by atoms with E-state index in [1.807, 2.05) is 23.5 Å². The van der Waals surface area contributed by atoms with E-state index in [1.165, 1.54) is 90.6 Å². The lowest BCUT2D eigenvalue weighted by Gasteiger charge is -2.33. The van der Waals surface area contributed by atoms with E-state index >= 15 is 0 Å². The molecule has 0 amide bonds. The van der Waals surface area contributed by atoms with Gasteiger partial charge >= 0.3 is 5.97 Å². The van der Waals surface area contributed by atoms with Crippen molar-refractivity contribution in [2.45, 2.75) is 133 Å². The molecule has 0 bridgehead atoms. The highest BCUT2D eigenvalue weighted by Crippen LogP contribution is 2.40. The van der Waals surface area contributed by atoms with Gasteiger partial charge < -0.3 is 14.9 Å². The standard InChI is InChI=1S/C27H54O4S2/c1-5-6-7-13-17-26(2,32-23-21-28)19-15-20-27(3,33-24-22-29)18-14-11-9-8-10-12-16-25(30)31-4/h28-29H,5-24H2,1-4H3. The first-order valence-corrected chi connectivity index (χ1v) is 15.4. The summed E-state index contributed by atoms with van der Waals surface area (Å²) in [5.74, 6) is 1.55. The lowest BCUT2D eigenvalue weighted by molar-refractivity contribution is -0.140. The van der Waals surface area contributed by atoms with Gasteiger partial charge in [0.15, 0.2) is 0 Å². The van der Waals surface area contributed by atoms with E-state index in [-0.39, 0.29) is 28.7 Å². The molecule has 0 radical (unpaired) electrons. The molecular formula is C27H54O4S2. The summed E-state index contributed by atoms with van der Waals surface area (Å²) in [6, 6.07) is 0. The van der Waals surface area contributed by atoms with Crippen molar-refractivity contribution >= 4 is 29.5 Å². The number of carbonyl (C=O) groups excluding carboxylic acids is 1. The van der Waals surface area contributed by atoms with Crippen molar-refractivity contribution in [3.05, 3.63) is 0 Å². The summed E-state index contributed by atoms with van der Waals surface area (Å²) in [4.78, 5) is 11.2. The van der Waals surface area contributed by atoms with Crippen LogP contribution < -0.4 is 0 Å². The van der Waals surface area contributed by atoms with E-state index < -0.39 is 0 Å². The predicted molar refractivity (Wildman–Crippen MR) is 147 cm³/mol. The van der Waals surface area contributed by atoms with Gasteiger partial charge in [-0.3, -0.25) is 4.79 Å². The molecule has 33 heavy (non-hydrogen) atoms. The minimum Gasteiger partial charge on any atom is -0.469 e. The summed E-state index contributed by atoms with van der Waals surface area (Å²) >= 11 is 3.90. The summed E-state index contributed by atoms with van der Waals surface area (Å²) in [5, 5.41) is 18.7. The van der Waals surface area contributed by atoms with E-state index in [9.17, 15) is 15.0 Å². The fourth-order valence-corrected chi connectivity index (χ4v) is 6.79. The number of hydrogen-bond acceptors (Lipinski definition) is 6. The van der Waals surface area contributed by atoms with Crippen LogP contribution in [0.1, 0.15) is 124 Å². The van der Waals surface area contributed by atoms with Crippen LogP contribution in [0.25, 0.3) is 0 Å². The second-order valence-corrected chi connectivity index (χ2v) is 13.3. The predicted octanol–water partition coefficient (Wildman–Crippen LogP) is 7.39. The van der Waals surface area contributed by atoms with Crippen molar-refractivity contribution in [2.75, 3.05) is 31.8 Å². The van der Waals surface area contributed by atoms with Gasteiger partial charge in [-0.25, -0.2) is 0 Å². The Morgan fingerprint density at radius 2 is 1.12 bits per heavy atom. The fourth-order valence-electron chi connectivity index (χ4n) is 4.46. The summed E-state index contributed by atoms with van der Waals surface area (Å²) in [6.45, 7) is 7.57. The molecule has 2 atom stereocenters. The van der Waals surface area contributed by atoms with Crippen LogP contribution in [0.5, 0.6) is 0 Å². The van der Waals surface area contributed by atoms with Crippen molar-refractivity contribution < 1.29 is 19.7 Å². The Hall–Kier alpha value is 0.0900. The van der Waals surface area contributed by atoms with Crippen LogP contribution in [0.3, 0.4) is 0 Å². The number of aliphatic hydroxyl groups is 2. The molecule has 0 aromatic carbocycles. The zero-order chi connectivity index (χ0) is 24.8. The summed E-state index contributed by atoms with van der Waals surface area (Å²) in [5.41, 5.74) is 0. The molecule has 0 heterocycles. The lowest BCUT2D eigenvalue weighted by atomic mass is 9.91. The minimum absolute atomic E-state index is 0.0986. The molecule has 6 heteroatoms. The number of hydrogen-bond donors (Lipinski definition) is 2. The van der Waals surface area contributed by atoms with Crippen molar-refractivity contribution in [2.24, 2.45) is 0 Å². The number of unbranched alkanes of at least 4 members (excludes halogenated alkanes) is 8. The molecule has 0 saturated heterocycles. The number of aliphatic hydroxyl groups excluding tert-OH is 2. The van der Waals surface area contributed by atoms with Crippen LogP contribution in [-0.2, 0) is 9.53 Å². The molecule has 0 aromatic heterocycles. The topological polar surface area (TPSA) is 66.8 Å². The van der Waals surface area contributed by atoms with Crippen LogP contribution in [0.2, 0.25) is 0 Å². The van der Waals surface area contributed by atoms with E-state index in [0.29, 0.717) is 6.42 Å². The molecule has 0 spiro atoms. The van der Waals surface area contributed by atoms with Gasteiger partial charge in [0, 0.05) is 27.4 Å². The van der Waals surface area contributed by atoms with Gasteiger partial charge in [-0.2, -0.15) is 23.5 Å². The highest BCUT2D eigenvalue weighted by molar-refractivity contribution is 8.00. The Kier molecular flexibility index (Phi) is 21.4. The van der Waals surface area contributed by atoms with Crippen LogP contribution in [0, 0.1) is 0 Å². The Morgan fingerprint density at radius 1 is 0.697 bits per heavy atom. The first-order chi connectivity index (χ1) is 15.8. The van der Waals surface area contributed by atoms with E-state index in [1.54, 1.807) is 0 Å². The Morgan fingerprint density at radius 3 is 1.58 bits per heavy atom. The van der Waals surface area contributed by atoms with Crippen molar-refractivity contribution in [3.8, 4) is 0 Å². The third-order valence-corrected chi connectivity index (χ3v) is 9.60. The van der Waals surface area contributed by atoms with Crippen LogP contribution in [0.15, 0.2) is 0 Å². The Balaban J connectivity index is 4.40. The van der Waals surface area contributed by atoms with Gasteiger partial charge in [0.05, 0.1) is 20.3 Å². The lowest BCUT2D eigenvalue weighted by Crippen LogP contribution is -2.25. The van der Waals surface area contributed by atoms with Gasteiger partial charge in [-0.1, -0.05) is 85.0 Å². The maximum atomic E-state index is 11.2. The van der Waals surface area contributed by atoms with Crippen molar-refractivity contribution in [1.82, 2.24) is 0 Å². The Bertz CT molecular complexity index is 463. The average Bonchev–Trinajstić information content (AvgIpc) is 2.81. The molecule has 0 saturated carbocycles. The first-order valence-electron chi connectivity index (χ1n) is 13.4. The zero-order valence-electron chi connectivity index (χ0n) is 22.2. The molecule has 0 aromatic rings. The second kappa shape index (κ2) is 21.4. The molecular weight excluding hydrogens is 452 g/mol. The number of carbonyl (C=O) groups is 1. The van der Waals surface area contributed by atoms with Crippen LogP contribution in [-0.4, -0.2) is 57.5 Å². The first kappa shape index (κ1) is 33.1. The maximum absolute atomic E-state index is 11.2. The minimum atomic E-state index is -0.0986. The summed E-state index contributed by atoms with van der Waals surface area (Å²) < 4.78 is 5.20. The van der Waals surface area contributed by atoms with E-state index in [4.69, 9.17) is 4.74 Å². The number of thioether (sulfide) groups is 2. The highest BCUT2D eigenvalue weighted by Gasteiger charge is 2.28. The molecule has 0 rings (SSSR count). The molecule has 2 N–H and O–H groups in total. The maximum Gasteiger partial charge on any atom is 0.305 e. The monoisotopic (exact) mass is 506 g/mol. The molecule has 4 nitrogen and oxygen atoms in total. The average molecular weight is 507 g/mol. The van der Waals surface area contributed by atoms with Gasteiger partial charge in [-0.05, 0) is 32.1 Å². The van der Waals surface area contributed by atoms with E-state index in [2.05, 4.69) is 20.8 Å². The van der Waals surface area contributed by atoms with Gasteiger partial charge in [0.1, 0.15) is 0 Å². The quantitative estimate of drug-likeness (QED) is 0.105. The SMILES string of the molecule is CCCCCCC(C)(CCCC(C)(CCCCCCCCC(=O)OC)SCCO)SCCO. The fraction of sp³-hybridized carbons (Fsp3) is 0.963. The number of rotatable bonds is 24. The molecule has 2 unspecified atom stereocenters. The molecule has 198 valence electrons. The Labute approximate surface area is 213 Å². The van der Waals surface area contributed by atoms with Crippen LogP contribution >= 0.6 is 23.5 Å². The third-order valence-electron chi connectivity index (χ3n) is 6.62. The van der Waals surface area contributed by atoms with Crippen LogP contribution in [0.4, 0.5) is 0 Å². The summed E-state index contributed by atoms with van der Waals surface area (Å²) in [6.07, 6.45) is 18.8. The zero-order valence-corrected chi connectivity index (χ0v) is 23.8. The smallest absolute Gasteiger partial charge is 0.305 e. The molecule has 0 aliphatic heterocycles. The van der Waals surface area contributed by atoms with E-state index in [0.717, 1.165) is 24.3 Å². The van der Waals surface area contributed by atoms with Gasteiger partial charge in [0.2, 0.25) is 0 Å². The number of esters is 1. The largest absolute Gasteiger partial charge is 0.469 e. The number of ether oxygens (including phenoxy) is 1.